The number of thioether (sulfide) groups is 1. The third kappa shape index (κ3) is 21.7. The van der Waals surface area contributed by atoms with Crippen molar-refractivity contribution in [3.05, 3.63) is 0 Å². The number of amides is 1. The third-order valence-corrected chi connectivity index (χ3v) is 13.7. The first-order valence-corrected chi connectivity index (χ1v) is 20.6. The van der Waals surface area contributed by atoms with Gasteiger partial charge in [-0.25, -0.2) is 0 Å². The zero-order valence-electron chi connectivity index (χ0n) is 28.7. The molecule has 0 aromatic heterocycles. The van der Waals surface area contributed by atoms with Gasteiger partial charge >= 0.3 is 5.97 Å². The molecule has 0 heterocycles. The Hall–Kier alpha value is -0.573. The molecule has 0 aliphatic carbocycles. The van der Waals surface area contributed by atoms with Crippen molar-refractivity contribution in [3.63, 3.8) is 0 Å². The van der Waals surface area contributed by atoms with Gasteiger partial charge in [0.25, 0.3) is 5.24 Å². The van der Waals surface area contributed by atoms with Crippen molar-refractivity contribution in [2.45, 2.75) is 155 Å². The van der Waals surface area contributed by atoms with E-state index in [2.05, 4.69) is 52.6 Å². The Balaban J connectivity index is 4.63. The number of esters is 1. The number of carbonyl (C=O) groups is 2. The van der Waals surface area contributed by atoms with E-state index < -0.39 is 8.32 Å². The zero-order valence-corrected chi connectivity index (χ0v) is 30.5. The number of unbranched alkanes of at least 4 members (excludes halogenated alkanes) is 8. The topological polar surface area (TPSA) is 59.1 Å². The minimum absolute atomic E-state index is 0.0454. The van der Waals surface area contributed by atoms with Gasteiger partial charge in [0.2, 0.25) is 0 Å². The summed E-state index contributed by atoms with van der Waals surface area (Å²) in [6, 6.07) is 0. The van der Waals surface area contributed by atoms with E-state index in [0.29, 0.717) is 13.0 Å². The Morgan fingerprint density at radius 3 is 1.88 bits per heavy atom. The molecule has 8 heteroatoms. The van der Waals surface area contributed by atoms with Crippen LogP contribution in [0.2, 0.25) is 18.1 Å². The minimum atomic E-state index is -1.78. The summed E-state index contributed by atoms with van der Waals surface area (Å²) in [6.07, 6.45) is 15.8. The van der Waals surface area contributed by atoms with E-state index in [1.165, 1.54) is 50.3 Å². The Bertz CT molecular complexity index is 658. The quantitative estimate of drug-likeness (QED) is 0.0578. The number of carbonyl (C=O) groups excluding carboxylic acids is 2. The van der Waals surface area contributed by atoms with Gasteiger partial charge in [0.05, 0.1) is 0 Å². The third-order valence-electron chi connectivity index (χ3n) is 8.23. The standard InChI is InChI=1S/C33H68N2O4SSi/c1-10-12-14-17-22-30(23-18-15-13-11-2)39-31(36)24-19-16-20-25-35(32(37)40-29-27-34(6)7)26-21-28-38-41(8,9)33(3,4)5/h30H,10-29H2,1-9H3/q-1. The fourth-order valence-electron chi connectivity index (χ4n) is 4.35. The fourth-order valence-corrected chi connectivity index (χ4v) is 6.44. The van der Waals surface area contributed by atoms with Crippen molar-refractivity contribution in [2.75, 3.05) is 46.1 Å². The summed E-state index contributed by atoms with van der Waals surface area (Å²) in [4.78, 5) is 29.7. The zero-order chi connectivity index (χ0) is 31.2. The average molecular weight is 617 g/mol. The molecule has 0 bridgehead atoms. The van der Waals surface area contributed by atoms with E-state index in [4.69, 9.17) is 9.16 Å². The average Bonchev–Trinajstić information content (AvgIpc) is 2.88. The molecular weight excluding hydrogens is 549 g/mol. The monoisotopic (exact) mass is 616 g/mol. The van der Waals surface area contributed by atoms with Gasteiger partial charge in [0.1, 0.15) is 6.10 Å². The molecule has 0 aliphatic rings. The smallest absolute Gasteiger partial charge is 0.306 e. The second-order valence-corrected chi connectivity index (χ2v) is 19.3. The number of rotatable bonds is 25. The van der Waals surface area contributed by atoms with Crippen LogP contribution in [0.3, 0.4) is 0 Å². The molecule has 0 aliphatic heterocycles. The molecule has 0 aromatic rings. The lowest BCUT2D eigenvalue weighted by Crippen LogP contribution is -2.41. The molecule has 0 saturated carbocycles. The molecule has 6 nitrogen and oxygen atoms in total. The van der Waals surface area contributed by atoms with Gasteiger partial charge in [-0.05, 0) is 67.4 Å². The summed E-state index contributed by atoms with van der Waals surface area (Å²) >= 11 is 1.41. The van der Waals surface area contributed by atoms with Gasteiger partial charge in [-0.3, -0.25) is 9.59 Å². The SMILES string of the molecule is CCCCCCC(CCCCCC)OC(=O)CCCCCN(CCCO[Si-](C)(C)C(C)(C)C)C(=O)SCCN(C)C. The first-order chi connectivity index (χ1) is 19.3. The van der Waals surface area contributed by atoms with Crippen LogP contribution in [0.25, 0.3) is 0 Å². The Kier molecular flexibility index (Phi) is 23.5. The number of nitrogens with zero attached hydrogens (tertiary/aromatic N) is 2. The number of hydrogen-bond donors (Lipinski definition) is 0. The highest BCUT2D eigenvalue weighted by Crippen LogP contribution is 2.36. The summed E-state index contributed by atoms with van der Waals surface area (Å²) in [7, 11) is 2.29. The van der Waals surface area contributed by atoms with Gasteiger partial charge in [-0.1, -0.05) is 91.3 Å². The Morgan fingerprint density at radius 2 is 1.34 bits per heavy atom. The van der Waals surface area contributed by atoms with Crippen LogP contribution in [0.1, 0.15) is 131 Å². The van der Waals surface area contributed by atoms with Crippen LogP contribution in [-0.2, 0) is 14.0 Å². The normalized spacial score (nSPS) is 12.4. The first-order valence-electron chi connectivity index (χ1n) is 16.7. The highest BCUT2D eigenvalue weighted by molar-refractivity contribution is 8.13. The molecule has 0 fully saturated rings. The van der Waals surface area contributed by atoms with Crippen LogP contribution in [0, 0.1) is 0 Å². The van der Waals surface area contributed by atoms with E-state index in [-0.39, 0.29) is 22.4 Å². The summed E-state index contributed by atoms with van der Waals surface area (Å²) < 4.78 is 12.3. The number of hydrogen-bond acceptors (Lipinski definition) is 6. The molecule has 0 spiro atoms. The van der Waals surface area contributed by atoms with Crippen molar-refractivity contribution in [2.24, 2.45) is 0 Å². The van der Waals surface area contributed by atoms with Crippen molar-refractivity contribution in [3.8, 4) is 0 Å². The summed E-state index contributed by atoms with van der Waals surface area (Å²) in [5, 5.41) is 0.350. The fraction of sp³-hybridized carbons (Fsp3) is 0.939. The highest BCUT2D eigenvalue weighted by Gasteiger charge is 2.24. The predicted molar refractivity (Wildman–Crippen MR) is 182 cm³/mol. The van der Waals surface area contributed by atoms with Gasteiger partial charge < -0.3 is 19.0 Å². The molecule has 0 saturated heterocycles. The predicted octanol–water partition coefficient (Wildman–Crippen LogP) is 9.53. The maximum Gasteiger partial charge on any atom is 0.306 e. The van der Waals surface area contributed by atoms with Crippen LogP contribution >= 0.6 is 11.8 Å². The summed E-state index contributed by atoms with van der Waals surface area (Å²) in [5.74, 6) is 0.753. The van der Waals surface area contributed by atoms with E-state index in [1.54, 1.807) is 0 Å². The molecule has 245 valence electrons. The molecule has 0 unspecified atom stereocenters. The lowest BCUT2D eigenvalue weighted by Gasteiger charge is -2.48. The van der Waals surface area contributed by atoms with Crippen LogP contribution in [0.5, 0.6) is 0 Å². The maximum absolute atomic E-state index is 13.0. The van der Waals surface area contributed by atoms with E-state index in [1.807, 2.05) is 19.0 Å². The lowest BCUT2D eigenvalue weighted by molar-refractivity contribution is -0.150. The largest absolute Gasteiger partial charge is 0.564 e. The minimum Gasteiger partial charge on any atom is -0.564 e. The Labute approximate surface area is 260 Å². The second kappa shape index (κ2) is 23.8. The van der Waals surface area contributed by atoms with Gasteiger partial charge in [0, 0.05) is 38.4 Å². The summed E-state index contributed by atoms with van der Waals surface area (Å²) in [5.41, 5.74) is 0. The molecule has 0 atom stereocenters. The second-order valence-electron chi connectivity index (χ2n) is 13.5. The van der Waals surface area contributed by atoms with Crippen molar-refractivity contribution in [1.29, 1.82) is 0 Å². The van der Waals surface area contributed by atoms with E-state index >= 15 is 0 Å². The van der Waals surface area contributed by atoms with Crippen LogP contribution in [0.4, 0.5) is 4.79 Å². The van der Waals surface area contributed by atoms with Gasteiger partial charge in [-0.2, -0.15) is 0 Å². The van der Waals surface area contributed by atoms with E-state index in [0.717, 1.165) is 76.8 Å². The maximum atomic E-state index is 13.0. The van der Waals surface area contributed by atoms with Gasteiger partial charge in [-0.15, -0.1) is 18.1 Å². The molecule has 1 amide bonds. The van der Waals surface area contributed by atoms with Crippen LogP contribution < -0.4 is 0 Å². The van der Waals surface area contributed by atoms with Crippen LogP contribution in [-0.4, -0.2) is 81.5 Å². The molecule has 0 radical (unpaired) electrons. The number of ether oxygens (including phenoxy) is 1. The molecule has 0 aromatic carbocycles. The molecular formula is C33H68N2O4SSi-. The molecule has 0 N–H and O–H groups in total. The van der Waals surface area contributed by atoms with Gasteiger partial charge in [0.15, 0.2) is 0 Å². The van der Waals surface area contributed by atoms with Crippen LogP contribution in [0.15, 0.2) is 0 Å². The lowest BCUT2D eigenvalue weighted by atomic mass is 10.0. The van der Waals surface area contributed by atoms with E-state index in [9.17, 15) is 9.59 Å². The van der Waals surface area contributed by atoms with Crippen molar-refractivity contribution in [1.82, 2.24) is 9.80 Å². The first kappa shape index (κ1) is 40.4. The summed E-state index contributed by atoms with van der Waals surface area (Å²) in [6.45, 7) is 18.8. The molecule has 0 rings (SSSR count). The van der Waals surface area contributed by atoms with Crippen molar-refractivity contribution >= 4 is 31.3 Å². The highest BCUT2D eigenvalue weighted by atomic mass is 32.2. The Morgan fingerprint density at radius 1 is 0.780 bits per heavy atom. The molecule has 41 heavy (non-hydrogen) atoms. The van der Waals surface area contributed by atoms with Crippen molar-refractivity contribution < 1.29 is 18.8 Å².